The first-order valence-electron chi connectivity index (χ1n) is 6.10. The Morgan fingerprint density at radius 1 is 1.42 bits per heavy atom. The molecule has 100 valence electrons. The van der Waals surface area contributed by atoms with Gasteiger partial charge in [-0.05, 0) is 38.1 Å². The van der Waals surface area contributed by atoms with Crippen LogP contribution < -0.4 is 5.32 Å². The van der Waals surface area contributed by atoms with E-state index in [4.69, 9.17) is 4.42 Å². The van der Waals surface area contributed by atoms with E-state index in [0.717, 1.165) is 17.9 Å². The summed E-state index contributed by atoms with van der Waals surface area (Å²) in [6.07, 6.45) is 2.42. The van der Waals surface area contributed by atoms with E-state index in [9.17, 15) is 10.1 Å². The Bertz CT molecular complexity index is 564. The minimum absolute atomic E-state index is 0.143. The monoisotopic (exact) mass is 260 g/mol. The van der Waals surface area contributed by atoms with Gasteiger partial charge in [-0.2, -0.15) is 0 Å². The average Bonchev–Trinajstić information content (AvgIpc) is 2.81. The molecule has 0 aliphatic rings. The molecule has 0 fully saturated rings. The van der Waals surface area contributed by atoms with Crippen LogP contribution in [-0.2, 0) is 6.42 Å². The van der Waals surface area contributed by atoms with Crippen LogP contribution in [-0.4, -0.2) is 11.0 Å². The highest BCUT2D eigenvalue weighted by molar-refractivity contribution is 5.54. The summed E-state index contributed by atoms with van der Waals surface area (Å²) in [5, 5.41) is 14.0. The molecule has 0 radical (unpaired) electrons. The van der Waals surface area contributed by atoms with Crippen LogP contribution in [0.15, 0.2) is 41.0 Å². The van der Waals surface area contributed by atoms with E-state index in [0.29, 0.717) is 5.56 Å². The molecule has 1 N–H and O–H groups in total. The second-order valence-electron chi connectivity index (χ2n) is 4.59. The number of nitrogens with zero attached hydrogens (tertiary/aromatic N) is 1. The molecule has 0 aliphatic heterocycles. The molecule has 0 spiro atoms. The Kier molecular flexibility index (Phi) is 3.85. The van der Waals surface area contributed by atoms with Gasteiger partial charge in [-0.25, -0.2) is 0 Å². The fourth-order valence-electron chi connectivity index (χ4n) is 2.02. The molecule has 5 heteroatoms. The van der Waals surface area contributed by atoms with E-state index in [2.05, 4.69) is 5.32 Å². The molecule has 1 heterocycles. The maximum atomic E-state index is 10.7. The highest BCUT2D eigenvalue weighted by Gasteiger charge is 2.11. The quantitative estimate of drug-likeness (QED) is 0.659. The predicted molar refractivity (Wildman–Crippen MR) is 73.3 cm³/mol. The predicted octanol–water partition coefficient (Wildman–Crippen LogP) is 3.54. The van der Waals surface area contributed by atoms with Gasteiger partial charge in [0.1, 0.15) is 5.76 Å². The van der Waals surface area contributed by atoms with Crippen LogP contribution >= 0.6 is 0 Å². The number of nitro groups is 1. The Balaban J connectivity index is 2.03. The van der Waals surface area contributed by atoms with Crippen LogP contribution in [0.4, 0.5) is 11.4 Å². The van der Waals surface area contributed by atoms with Gasteiger partial charge in [0.15, 0.2) is 0 Å². The molecule has 5 nitrogen and oxygen atoms in total. The van der Waals surface area contributed by atoms with Crippen molar-refractivity contribution in [2.45, 2.75) is 26.3 Å². The number of nitrogens with one attached hydrogen (secondary N) is 1. The van der Waals surface area contributed by atoms with Crippen molar-refractivity contribution in [3.63, 3.8) is 0 Å². The molecule has 0 saturated heterocycles. The van der Waals surface area contributed by atoms with E-state index in [1.165, 1.54) is 6.07 Å². The fraction of sp³-hybridized carbons (Fsp3) is 0.286. The number of benzene rings is 1. The summed E-state index contributed by atoms with van der Waals surface area (Å²) in [7, 11) is 0. The van der Waals surface area contributed by atoms with Gasteiger partial charge in [-0.3, -0.25) is 10.1 Å². The molecule has 0 saturated carbocycles. The number of furan rings is 1. The van der Waals surface area contributed by atoms with Gasteiger partial charge >= 0.3 is 0 Å². The number of hydrogen-bond donors (Lipinski definition) is 1. The number of hydrogen-bond acceptors (Lipinski definition) is 4. The van der Waals surface area contributed by atoms with Crippen molar-refractivity contribution in [2.24, 2.45) is 0 Å². The van der Waals surface area contributed by atoms with Crippen molar-refractivity contribution in [3.8, 4) is 0 Å². The lowest BCUT2D eigenvalue weighted by Gasteiger charge is -2.14. The van der Waals surface area contributed by atoms with E-state index in [-0.39, 0.29) is 16.7 Å². The molecule has 0 bridgehead atoms. The fourth-order valence-corrected chi connectivity index (χ4v) is 2.02. The van der Waals surface area contributed by atoms with E-state index in [1.54, 1.807) is 25.3 Å². The third-order valence-corrected chi connectivity index (χ3v) is 2.89. The third-order valence-electron chi connectivity index (χ3n) is 2.89. The van der Waals surface area contributed by atoms with E-state index >= 15 is 0 Å². The first-order valence-corrected chi connectivity index (χ1v) is 6.10. The van der Waals surface area contributed by atoms with Gasteiger partial charge < -0.3 is 9.73 Å². The van der Waals surface area contributed by atoms with Crippen molar-refractivity contribution in [2.75, 3.05) is 5.32 Å². The highest BCUT2D eigenvalue weighted by atomic mass is 16.6. The summed E-state index contributed by atoms with van der Waals surface area (Å²) in [5.74, 6) is 0.915. The maximum Gasteiger partial charge on any atom is 0.272 e. The molecule has 19 heavy (non-hydrogen) atoms. The van der Waals surface area contributed by atoms with Gasteiger partial charge in [0.05, 0.1) is 11.2 Å². The molecule has 2 rings (SSSR count). The number of anilines is 1. The normalized spacial score (nSPS) is 12.1. The average molecular weight is 260 g/mol. The van der Waals surface area contributed by atoms with Crippen molar-refractivity contribution in [3.05, 3.63) is 58.0 Å². The van der Waals surface area contributed by atoms with Gasteiger partial charge in [-0.15, -0.1) is 0 Å². The molecule has 1 aromatic carbocycles. The van der Waals surface area contributed by atoms with Crippen LogP contribution in [0.5, 0.6) is 0 Å². The lowest BCUT2D eigenvalue weighted by Crippen LogP contribution is -2.17. The highest BCUT2D eigenvalue weighted by Crippen LogP contribution is 2.22. The molecule has 1 unspecified atom stereocenters. The van der Waals surface area contributed by atoms with Crippen LogP contribution in [0.2, 0.25) is 0 Å². The smallest absolute Gasteiger partial charge is 0.272 e. The molecule has 0 aliphatic carbocycles. The first-order chi connectivity index (χ1) is 9.06. The van der Waals surface area contributed by atoms with Crippen molar-refractivity contribution in [1.82, 2.24) is 0 Å². The van der Waals surface area contributed by atoms with E-state index in [1.807, 2.05) is 19.1 Å². The standard InChI is InChI=1S/C14H16N2O3/c1-10-8-12(5-6-14(10)16(17)18)15-11(2)9-13-4-3-7-19-13/h3-8,11,15H,9H2,1-2H3. The molecule has 0 amide bonds. The van der Waals surface area contributed by atoms with Crippen LogP contribution in [0.1, 0.15) is 18.2 Å². The van der Waals surface area contributed by atoms with Gasteiger partial charge in [0, 0.05) is 29.8 Å². The second-order valence-corrected chi connectivity index (χ2v) is 4.59. The number of aryl methyl sites for hydroxylation is 1. The third kappa shape index (κ3) is 3.34. The largest absolute Gasteiger partial charge is 0.469 e. The molecule has 1 atom stereocenters. The SMILES string of the molecule is Cc1cc(NC(C)Cc2ccco2)ccc1[N+](=O)[O-]. The second kappa shape index (κ2) is 5.56. The number of rotatable bonds is 5. The maximum absolute atomic E-state index is 10.7. The van der Waals surface area contributed by atoms with Crippen molar-refractivity contribution < 1.29 is 9.34 Å². The zero-order valence-electron chi connectivity index (χ0n) is 10.9. The van der Waals surface area contributed by atoms with Gasteiger partial charge in [-0.1, -0.05) is 0 Å². The summed E-state index contributed by atoms with van der Waals surface area (Å²) >= 11 is 0. The molecular formula is C14H16N2O3. The Labute approximate surface area is 111 Å². The topological polar surface area (TPSA) is 68.3 Å². The Hall–Kier alpha value is -2.30. The van der Waals surface area contributed by atoms with Crippen molar-refractivity contribution >= 4 is 11.4 Å². The summed E-state index contributed by atoms with van der Waals surface area (Å²) in [5.41, 5.74) is 1.67. The van der Waals surface area contributed by atoms with Crippen LogP contribution in [0.3, 0.4) is 0 Å². The van der Waals surface area contributed by atoms with Crippen LogP contribution in [0, 0.1) is 17.0 Å². The van der Waals surface area contributed by atoms with Crippen LogP contribution in [0.25, 0.3) is 0 Å². The van der Waals surface area contributed by atoms with Gasteiger partial charge in [0.25, 0.3) is 5.69 Å². The Morgan fingerprint density at radius 3 is 2.79 bits per heavy atom. The first kappa shape index (κ1) is 13.1. The zero-order chi connectivity index (χ0) is 13.8. The molecular weight excluding hydrogens is 244 g/mol. The molecule has 2 aromatic rings. The minimum Gasteiger partial charge on any atom is -0.469 e. The van der Waals surface area contributed by atoms with E-state index < -0.39 is 0 Å². The zero-order valence-corrected chi connectivity index (χ0v) is 10.9. The van der Waals surface area contributed by atoms with Gasteiger partial charge in [0.2, 0.25) is 0 Å². The summed E-state index contributed by atoms with van der Waals surface area (Å²) in [6.45, 7) is 3.78. The summed E-state index contributed by atoms with van der Waals surface area (Å²) in [4.78, 5) is 10.4. The minimum atomic E-state index is -0.370. The van der Waals surface area contributed by atoms with Crippen molar-refractivity contribution in [1.29, 1.82) is 0 Å². The summed E-state index contributed by atoms with van der Waals surface area (Å²) in [6, 6.07) is 9.02. The number of nitro benzene ring substituents is 1. The lowest BCUT2D eigenvalue weighted by molar-refractivity contribution is -0.385. The lowest BCUT2D eigenvalue weighted by atomic mass is 10.1. The Morgan fingerprint density at radius 2 is 2.21 bits per heavy atom. The molecule has 1 aromatic heterocycles. The summed E-state index contributed by atoms with van der Waals surface area (Å²) < 4.78 is 5.29.